The molecule has 0 saturated carbocycles. The molecular formula is C16H26N4S. The van der Waals surface area contributed by atoms with E-state index in [4.69, 9.17) is 5.84 Å². The number of nitrogens with one attached hydrogen (secondary N) is 1. The molecule has 0 aliphatic rings. The summed E-state index contributed by atoms with van der Waals surface area (Å²) < 4.78 is 2.05. The van der Waals surface area contributed by atoms with Gasteiger partial charge in [0.05, 0.1) is 5.69 Å². The van der Waals surface area contributed by atoms with Gasteiger partial charge in [0.25, 0.3) is 0 Å². The molecule has 2 aromatic heterocycles. The van der Waals surface area contributed by atoms with E-state index in [-0.39, 0.29) is 0 Å². The minimum absolute atomic E-state index is 0.297. The van der Waals surface area contributed by atoms with Crippen molar-refractivity contribution in [2.24, 2.45) is 5.84 Å². The average molecular weight is 306 g/mol. The molecule has 0 aliphatic carbocycles. The highest BCUT2D eigenvalue weighted by molar-refractivity contribution is 7.09. The summed E-state index contributed by atoms with van der Waals surface area (Å²) in [5.74, 6) is 5.69. The van der Waals surface area contributed by atoms with Crippen LogP contribution in [-0.4, -0.2) is 15.8 Å². The van der Waals surface area contributed by atoms with Crippen LogP contribution in [0, 0.1) is 0 Å². The maximum atomic E-state index is 5.69. The number of rotatable bonds is 9. The van der Waals surface area contributed by atoms with Gasteiger partial charge in [0.2, 0.25) is 0 Å². The van der Waals surface area contributed by atoms with Gasteiger partial charge in [0.15, 0.2) is 0 Å². The van der Waals surface area contributed by atoms with Gasteiger partial charge in [-0.3, -0.25) is 16.0 Å². The van der Waals surface area contributed by atoms with Gasteiger partial charge in [-0.2, -0.15) is 5.10 Å². The van der Waals surface area contributed by atoms with Crippen molar-refractivity contribution in [2.45, 2.75) is 58.0 Å². The number of thiophene rings is 1. The van der Waals surface area contributed by atoms with E-state index < -0.39 is 0 Å². The van der Waals surface area contributed by atoms with E-state index in [0.717, 1.165) is 37.8 Å². The Morgan fingerprint density at radius 1 is 1.43 bits per heavy atom. The number of hydrogen-bond donors (Lipinski definition) is 2. The second-order valence-corrected chi connectivity index (χ2v) is 6.62. The van der Waals surface area contributed by atoms with E-state index in [2.05, 4.69) is 58.8 Å². The van der Waals surface area contributed by atoms with Gasteiger partial charge < -0.3 is 0 Å². The average Bonchev–Trinajstić information content (AvgIpc) is 3.16. The lowest BCUT2D eigenvalue weighted by molar-refractivity contribution is 0.451. The molecule has 3 N–H and O–H groups in total. The third kappa shape index (κ3) is 4.95. The molecular weight excluding hydrogens is 280 g/mol. The van der Waals surface area contributed by atoms with Gasteiger partial charge in [-0.05, 0) is 50.1 Å². The monoisotopic (exact) mass is 306 g/mol. The second kappa shape index (κ2) is 8.32. The molecule has 0 radical (unpaired) electrons. The molecule has 2 rings (SSSR count). The molecule has 0 saturated heterocycles. The van der Waals surface area contributed by atoms with Gasteiger partial charge in [0.1, 0.15) is 0 Å². The number of hydrazine groups is 1. The molecule has 2 heterocycles. The highest BCUT2D eigenvalue weighted by Crippen LogP contribution is 2.15. The third-order valence-corrected chi connectivity index (χ3v) is 4.89. The molecule has 5 heteroatoms. The summed E-state index contributed by atoms with van der Waals surface area (Å²) in [6.07, 6.45) is 7.43. The molecule has 4 nitrogen and oxygen atoms in total. The van der Waals surface area contributed by atoms with Crippen LogP contribution < -0.4 is 11.3 Å². The number of nitrogens with zero attached hydrogens (tertiary/aromatic N) is 2. The van der Waals surface area contributed by atoms with Gasteiger partial charge in [-0.15, -0.1) is 11.3 Å². The zero-order valence-electron chi connectivity index (χ0n) is 13.0. The fourth-order valence-corrected chi connectivity index (χ4v) is 3.14. The predicted octanol–water partition coefficient (Wildman–Crippen LogP) is 3.31. The third-order valence-electron chi connectivity index (χ3n) is 3.95. The van der Waals surface area contributed by atoms with Gasteiger partial charge in [0, 0.05) is 29.6 Å². The lowest BCUT2D eigenvalue weighted by atomic mass is 10.0. The Morgan fingerprint density at radius 3 is 2.95 bits per heavy atom. The molecule has 21 heavy (non-hydrogen) atoms. The first-order chi connectivity index (χ1) is 10.2. The van der Waals surface area contributed by atoms with Crippen LogP contribution in [0.15, 0.2) is 29.8 Å². The van der Waals surface area contributed by atoms with Crippen molar-refractivity contribution in [3.05, 3.63) is 40.3 Å². The lowest BCUT2D eigenvalue weighted by Gasteiger charge is -2.14. The van der Waals surface area contributed by atoms with Crippen LogP contribution in [0.5, 0.6) is 0 Å². The summed E-state index contributed by atoms with van der Waals surface area (Å²) in [6, 6.07) is 7.17. The topological polar surface area (TPSA) is 55.9 Å². The Balaban J connectivity index is 1.79. The smallest absolute Gasteiger partial charge is 0.0640 e. The van der Waals surface area contributed by atoms with Crippen LogP contribution in [0.1, 0.15) is 49.7 Å². The van der Waals surface area contributed by atoms with Crippen molar-refractivity contribution in [3.63, 3.8) is 0 Å². The molecule has 0 spiro atoms. The first kappa shape index (κ1) is 16.2. The Hall–Kier alpha value is -1.17. The summed E-state index contributed by atoms with van der Waals surface area (Å²) >= 11 is 1.83. The van der Waals surface area contributed by atoms with E-state index in [1.165, 1.54) is 4.88 Å². The van der Waals surface area contributed by atoms with Crippen LogP contribution in [0.4, 0.5) is 0 Å². The molecule has 2 unspecified atom stereocenters. The Bertz CT molecular complexity index is 506. The van der Waals surface area contributed by atoms with E-state index in [9.17, 15) is 0 Å². The van der Waals surface area contributed by atoms with E-state index in [0.29, 0.717) is 12.1 Å². The standard InChI is InChI=1S/C16H26N4S/c1-3-13(2)20-10-9-15(19-20)12-14(18-17)6-4-7-16-8-5-11-21-16/h5,8-11,13-14,18H,3-4,6-7,12,17H2,1-2H3. The van der Waals surface area contributed by atoms with Crippen LogP contribution in [-0.2, 0) is 12.8 Å². The number of aromatic nitrogens is 2. The summed E-state index contributed by atoms with van der Waals surface area (Å²) in [7, 11) is 0. The van der Waals surface area contributed by atoms with Crippen LogP contribution in [0.2, 0.25) is 0 Å². The van der Waals surface area contributed by atoms with Crippen molar-refractivity contribution < 1.29 is 0 Å². The SMILES string of the molecule is CCC(C)n1ccc(CC(CCCc2cccs2)NN)n1. The minimum Gasteiger partial charge on any atom is -0.271 e. The summed E-state index contributed by atoms with van der Waals surface area (Å²) in [4.78, 5) is 1.45. The number of aryl methyl sites for hydroxylation is 1. The summed E-state index contributed by atoms with van der Waals surface area (Å²) in [6.45, 7) is 4.37. The molecule has 0 amide bonds. The molecule has 0 fully saturated rings. The van der Waals surface area contributed by atoms with Crippen LogP contribution in [0.3, 0.4) is 0 Å². The van der Waals surface area contributed by atoms with E-state index in [1.54, 1.807) is 0 Å². The Morgan fingerprint density at radius 2 is 2.29 bits per heavy atom. The first-order valence-corrected chi connectivity index (χ1v) is 8.63. The largest absolute Gasteiger partial charge is 0.271 e. The highest BCUT2D eigenvalue weighted by atomic mass is 32.1. The summed E-state index contributed by atoms with van der Waals surface area (Å²) in [5, 5.41) is 6.78. The maximum absolute atomic E-state index is 5.69. The quantitative estimate of drug-likeness (QED) is 0.552. The zero-order valence-corrected chi connectivity index (χ0v) is 13.8. The Labute approximate surface area is 131 Å². The van der Waals surface area contributed by atoms with Gasteiger partial charge >= 0.3 is 0 Å². The number of nitrogens with two attached hydrogens (primary N) is 1. The van der Waals surface area contributed by atoms with Crippen LogP contribution >= 0.6 is 11.3 Å². The lowest BCUT2D eigenvalue weighted by Crippen LogP contribution is -2.37. The van der Waals surface area contributed by atoms with Crippen molar-refractivity contribution in [2.75, 3.05) is 0 Å². The normalized spacial score (nSPS) is 14.2. The van der Waals surface area contributed by atoms with Crippen molar-refractivity contribution in [1.82, 2.24) is 15.2 Å². The Kier molecular flexibility index (Phi) is 6.42. The van der Waals surface area contributed by atoms with E-state index in [1.807, 2.05) is 11.3 Å². The van der Waals surface area contributed by atoms with Gasteiger partial charge in [-0.1, -0.05) is 13.0 Å². The van der Waals surface area contributed by atoms with Crippen LogP contribution in [0.25, 0.3) is 0 Å². The predicted molar refractivity (Wildman–Crippen MR) is 89.3 cm³/mol. The van der Waals surface area contributed by atoms with Crippen molar-refractivity contribution in [1.29, 1.82) is 0 Å². The fraction of sp³-hybridized carbons (Fsp3) is 0.562. The molecule has 2 atom stereocenters. The summed E-state index contributed by atoms with van der Waals surface area (Å²) in [5.41, 5.74) is 4.06. The molecule has 0 aliphatic heterocycles. The molecule has 0 bridgehead atoms. The fourth-order valence-electron chi connectivity index (χ4n) is 2.39. The number of hydrogen-bond acceptors (Lipinski definition) is 4. The maximum Gasteiger partial charge on any atom is 0.0640 e. The highest BCUT2D eigenvalue weighted by Gasteiger charge is 2.11. The van der Waals surface area contributed by atoms with Crippen molar-refractivity contribution >= 4 is 11.3 Å². The molecule has 0 aromatic carbocycles. The second-order valence-electron chi connectivity index (χ2n) is 5.58. The minimum atomic E-state index is 0.297. The molecule has 116 valence electrons. The van der Waals surface area contributed by atoms with Gasteiger partial charge in [-0.25, -0.2) is 0 Å². The van der Waals surface area contributed by atoms with E-state index >= 15 is 0 Å². The first-order valence-electron chi connectivity index (χ1n) is 7.75. The van der Waals surface area contributed by atoms with Crippen molar-refractivity contribution in [3.8, 4) is 0 Å². The zero-order chi connectivity index (χ0) is 15.1. The molecule has 2 aromatic rings.